The smallest absolute Gasteiger partial charge is 0.229 e. The summed E-state index contributed by atoms with van der Waals surface area (Å²) in [5.41, 5.74) is 1.25. The SMILES string of the molecule is O=C(Cc1cc2ccccc2[nH]1)C(=O)[C@H](O)[C@@H](O)[C@H](O)[C@H](O)CO. The zero-order chi connectivity index (χ0) is 17.9. The van der Waals surface area contributed by atoms with Crippen molar-refractivity contribution in [2.24, 2.45) is 0 Å². The van der Waals surface area contributed by atoms with Gasteiger partial charge in [0.2, 0.25) is 11.6 Å². The van der Waals surface area contributed by atoms with Crippen molar-refractivity contribution in [2.75, 3.05) is 6.61 Å². The number of aromatic nitrogens is 1. The Hall–Kier alpha value is -2.10. The fraction of sp³-hybridized carbons (Fsp3) is 0.375. The predicted octanol–water partition coefficient (Wildman–Crippen LogP) is -1.72. The van der Waals surface area contributed by atoms with Crippen molar-refractivity contribution >= 4 is 22.5 Å². The first kappa shape index (κ1) is 18.2. The fourth-order valence-electron chi connectivity index (χ4n) is 2.33. The van der Waals surface area contributed by atoms with Gasteiger partial charge in [-0.2, -0.15) is 0 Å². The molecule has 8 nitrogen and oxygen atoms in total. The Labute approximate surface area is 137 Å². The first-order valence-corrected chi connectivity index (χ1v) is 7.32. The van der Waals surface area contributed by atoms with Crippen LogP contribution in [0.4, 0.5) is 0 Å². The first-order chi connectivity index (χ1) is 11.3. The highest BCUT2D eigenvalue weighted by Gasteiger charge is 2.36. The topological polar surface area (TPSA) is 151 Å². The molecule has 0 fully saturated rings. The van der Waals surface area contributed by atoms with E-state index >= 15 is 0 Å². The zero-order valence-corrected chi connectivity index (χ0v) is 12.7. The van der Waals surface area contributed by atoms with Crippen LogP contribution in [0.3, 0.4) is 0 Å². The molecular weight excluding hydrogens is 318 g/mol. The molecule has 1 aromatic carbocycles. The van der Waals surface area contributed by atoms with Gasteiger partial charge in [0, 0.05) is 11.2 Å². The van der Waals surface area contributed by atoms with Crippen molar-refractivity contribution in [1.29, 1.82) is 0 Å². The van der Waals surface area contributed by atoms with Crippen molar-refractivity contribution in [3.05, 3.63) is 36.0 Å². The van der Waals surface area contributed by atoms with Crippen LogP contribution in [-0.4, -0.2) is 73.1 Å². The van der Waals surface area contributed by atoms with Gasteiger partial charge in [-0.25, -0.2) is 0 Å². The number of rotatable bonds is 8. The molecule has 6 N–H and O–H groups in total. The number of hydrogen-bond donors (Lipinski definition) is 6. The van der Waals surface area contributed by atoms with Gasteiger partial charge in [-0.15, -0.1) is 0 Å². The van der Waals surface area contributed by atoms with Gasteiger partial charge in [-0.1, -0.05) is 18.2 Å². The standard InChI is InChI=1S/C16H19NO7/c18-7-12(20)14(22)16(24)15(23)13(21)11(19)6-9-5-8-3-1-2-4-10(8)17-9/h1-5,12,14-18,20,22-24H,6-7H2/t12-,14-,15+,16+/m1/s1. The molecule has 0 amide bonds. The number of hydrogen-bond acceptors (Lipinski definition) is 7. The molecule has 0 saturated carbocycles. The molecule has 0 aliphatic heterocycles. The second kappa shape index (κ2) is 7.65. The first-order valence-electron chi connectivity index (χ1n) is 7.32. The van der Waals surface area contributed by atoms with E-state index in [9.17, 15) is 30.0 Å². The van der Waals surface area contributed by atoms with Crippen LogP contribution >= 0.6 is 0 Å². The summed E-state index contributed by atoms with van der Waals surface area (Å²) >= 11 is 0. The lowest BCUT2D eigenvalue weighted by Crippen LogP contribution is -2.50. The molecule has 0 unspecified atom stereocenters. The fourth-order valence-corrected chi connectivity index (χ4v) is 2.33. The molecule has 0 saturated heterocycles. The number of carbonyl (C=O) groups excluding carboxylic acids is 2. The van der Waals surface area contributed by atoms with Crippen LogP contribution in [0, 0.1) is 0 Å². The third-order valence-electron chi connectivity index (χ3n) is 3.73. The summed E-state index contributed by atoms with van der Waals surface area (Å²) in [4.78, 5) is 26.8. The highest BCUT2D eigenvalue weighted by atomic mass is 16.4. The number of H-pyrrole nitrogens is 1. The van der Waals surface area contributed by atoms with E-state index in [0.29, 0.717) is 5.69 Å². The molecule has 24 heavy (non-hydrogen) atoms. The highest BCUT2D eigenvalue weighted by molar-refractivity contribution is 6.39. The second-order valence-electron chi connectivity index (χ2n) is 5.52. The molecule has 4 atom stereocenters. The van der Waals surface area contributed by atoms with Crippen molar-refractivity contribution in [2.45, 2.75) is 30.8 Å². The molecular formula is C16H19NO7. The molecule has 0 radical (unpaired) electrons. The molecule has 0 aliphatic carbocycles. The highest BCUT2D eigenvalue weighted by Crippen LogP contribution is 2.15. The van der Waals surface area contributed by atoms with Gasteiger partial charge in [0.25, 0.3) is 0 Å². The summed E-state index contributed by atoms with van der Waals surface area (Å²) in [5, 5.41) is 47.6. The number of aromatic amines is 1. The lowest BCUT2D eigenvalue weighted by atomic mass is 9.97. The van der Waals surface area contributed by atoms with E-state index in [1.807, 2.05) is 18.2 Å². The quantitative estimate of drug-likeness (QED) is 0.314. The van der Waals surface area contributed by atoms with Crippen molar-refractivity contribution < 1.29 is 35.1 Å². The van der Waals surface area contributed by atoms with Crippen LogP contribution in [0.1, 0.15) is 5.69 Å². The Balaban J connectivity index is 2.04. The predicted molar refractivity (Wildman–Crippen MR) is 83.1 cm³/mol. The molecule has 8 heteroatoms. The third-order valence-corrected chi connectivity index (χ3v) is 3.73. The Bertz CT molecular complexity index is 693. The van der Waals surface area contributed by atoms with Crippen LogP contribution in [0.15, 0.2) is 30.3 Å². The van der Waals surface area contributed by atoms with E-state index in [2.05, 4.69) is 4.98 Å². The molecule has 1 heterocycles. The van der Waals surface area contributed by atoms with Crippen LogP contribution in [0.5, 0.6) is 0 Å². The van der Waals surface area contributed by atoms with E-state index in [1.165, 1.54) is 0 Å². The summed E-state index contributed by atoms with van der Waals surface area (Å²) in [6.07, 6.45) is -8.30. The number of aliphatic hydroxyl groups is 5. The van der Waals surface area contributed by atoms with E-state index in [4.69, 9.17) is 5.11 Å². The lowest BCUT2D eigenvalue weighted by Gasteiger charge is -2.24. The number of Topliss-reactive ketones (excluding diaryl/α,β-unsaturated/α-hetero) is 2. The van der Waals surface area contributed by atoms with Crippen molar-refractivity contribution in [1.82, 2.24) is 4.98 Å². The van der Waals surface area contributed by atoms with Crippen molar-refractivity contribution in [3.8, 4) is 0 Å². The van der Waals surface area contributed by atoms with Crippen LogP contribution in [0.25, 0.3) is 10.9 Å². The maximum atomic E-state index is 12.0. The summed E-state index contributed by atoms with van der Waals surface area (Å²) in [7, 11) is 0. The van der Waals surface area contributed by atoms with Gasteiger partial charge in [0.1, 0.15) is 24.4 Å². The average molecular weight is 337 g/mol. The number of nitrogens with one attached hydrogen (secondary N) is 1. The maximum absolute atomic E-state index is 12.0. The largest absolute Gasteiger partial charge is 0.394 e. The van der Waals surface area contributed by atoms with E-state index in [-0.39, 0.29) is 6.42 Å². The third kappa shape index (κ3) is 3.86. The molecule has 0 aliphatic rings. The van der Waals surface area contributed by atoms with Crippen LogP contribution in [0.2, 0.25) is 0 Å². The Morgan fingerprint density at radius 3 is 2.33 bits per heavy atom. The Morgan fingerprint density at radius 2 is 1.71 bits per heavy atom. The van der Waals surface area contributed by atoms with Crippen LogP contribution in [-0.2, 0) is 16.0 Å². The van der Waals surface area contributed by atoms with Crippen LogP contribution < -0.4 is 0 Å². The van der Waals surface area contributed by atoms with E-state index in [0.717, 1.165) is 10.9 Å². The van der Waals surface area contributed by atoms with Gasteiger partial charge in [0.15, 0.2) is 0 Å². The summed E-state index contributed by atoms with van der Waals surface area (Å²) in [6, 6.07) is 8.95. The summed E-state index contributed by atoms with van der Waals surface area (Å²) in [6.45, 7) is -0.873. The Kier molecular flexibility index (Phi) is 5.81. The molecule has 2 aromatic rings. The maximum Gasteiger partial charge on any atom is 0.229 e. The molecule has 0 bridgehead atoms. The molecule has 0 spiro atoms. The number of fused-ring (bicyclic) bond motifs is 1. The number of carbonyl (C=O) groups is 2. The minimum absolute atomic E-state index is 0.310. The Morgan fingerprint density at radius 1 is 1.04 bits per heavy atom. The molecule has 1 aromatic heterocycles. The molecule has 2 rings (SSSR count). The minimum atomic E-state index is -2.20. The van der Waals surface area contributed by atoms with Crippen molar-refractivity contribution in [3.63, 3.8) is 0 Å². The average Bonchev–Trinajstić information content (AvgIpc) is 3.00. The second-order valence-corrected chi connectivity index (χ2v) is 5.52. The number of benzene rings is 1. The minimum Gasteiger partial charge on any atom is -0.394 e. The van der Waals surface area contributed by atoms with Gasteiger partial charge >= 0.3 is 0 Å². The zero-order valence-electron chi connectivity index (χ0n) is 12.7. The van der Waals surface area contributed by atoms with E-state index < -0.39 is 42.6 Å². The number of aliphatic hydroxyl groups excluding tert-OH is 5. The number of ketones is 2. The van der Waals surface area contributed by atoms with E-state index in [1.54, 1.807) is 12.1 Å². The number of para-hydroxylation sites is 1. The van der Waals surface area contributed by atoms with Gasteiger partial charge in [-0.05, 0) is 17.5 Å². The molecule has 130 valence electrons. The summed E-state index contributed by atoms with van der Waals surface area (Å²) in [5.74, 6) is -2.25. The van der Waals surface area contributed by atoms with Gasteiger partial charge in [0.05, 0.1) is 13.0 Å². The van der Waals surface area contributed by atoms with Gasteiger partial charge < -0.3 is 30.5 Å². The lowest BCUT2D eigenvalue weighted by molar-refractivity contribution is -0.154. The normalized spacial score (nSPS) is 16.5. The van der Waals surface area contributed by atoms with Gasteiger partial charge in [-0.3, -0.25) is 9.59 Å². The monoisotopic (exact) mass is 337 g/mol. The summed E-state index contributed by atoms with van der Waals surface area (Å²) < 4.78 is 0.